The maximum absolute atomic E-state index is 13.1. The van der Waals surface area contributed by atoms with Crippen molar-refractivity contribution in [2.45, 2.75) is 25.8 Å². The molecular weight excluding hydrogens is 343 g/mol. The molecule has 3 atom stereocenters. The Morgan fingerprint density at radius 1 is 1.00 bits per heavy atom. The average molecular weight is 375 g/mol. The van der Waals surface area contributed by atoms with Crippen LogP contribution in [0.25, 0.3) is 0 Å². The highest BCUT2D eigenvalue weighted by Crippen LogP contribution is 2.27. The van der Waals surface area contributed by atoms with Crippen LogP contribution in [0.15, 0.2) is 24.3 Å². The van der Waals surface area contributed by atoms with Crippen molar-refractivity contribution < 1.29 is 9.18 Å². The fourth-order valence-corrected chi connectivity index (χ4v) is 4.88. The minimum Gasteiger partial charge on any atom is -0.369 e. The van der Waals surface area contributed by atoms with Crippen molar-refractivity contribution in [1.82, 2.24) is 15.1 Å². The van der Waals surface area contributed by atoms with E-state index >= 15 is 0 Å². The number of carbonyl (C=O) groups excluding carboxylic acids is 1. The monoisotopic (exact) mass is 374 g/mol. The Morgan fingerprint density at radius 3 is 2.19 bits per heavy atom. The van der Waals surface area contributed by atoms with Gasteiger partial charge >= 0.3 is 0 Å². The predicted molar refractivity (Wildman–Crippen MR) is 105 cm³/mol. The summed E-state index contributed by atoms with van der Waals surface area (Å²) in [5, 5.41) is 3.49. The molecule has 3 fully saturated rings. The number of halogens is 1. The minimum absolute atomic E-state index is 0.0589. The molecule has 5 nitrogen and oxygen atoms in total. The highest BCUT2D eigenvalue weighted by Gasteiger charge is 2.34. The molecule has 6 heteroatoms. The van der Waals surface area contributed by atoms with E-state index in [9.17, 15) is 9.18 Å². The molecule has 0 aliphatic carbocycles. The number of piperazine rings is 1. The van der Waals surface area contributed by atoms with Gasteiger partial charge in [0.2, 0.25) is 5.91 Å². The number of amides is 1. The molecule has 0 aromatic heterocycles. The molecule has 0 spiro atoms. The maximum atomic E-state index is 13.1. The number of nitrogens with one attached hydrogen (secondary N) is 1. The number of carbonyl (C=O) groups is 1. The van der Waals surface area contributed by atoms with Gasteiger partial charge in [-0.1, -0.05) is 0 Å². The second-order valence-electron chi connectivity index (χ2n) is 8.26. The molecule has 0 saturated carbocycles. The molecule has 3 aliphatic rings. The Labute approximate surface area is 161 Å². The molecule has 4 rings (SSSR count). The summed E-state index contributed by atoms with van der Waals surface area (Å²) in [6, 6.07) is 6.64. The van der Waals surface area contributed by atoms with E-state index in [4.69, 9.17) is 0 Å². The van der Waals surface area contributed by atoms with E-state index in [0.29, 0.717) is 0 Å². The fourth-order valence-electron chi connectivity index (χ4n) is 4.88. The van der Waals surface area contributed by atoms with E-state index in [0.717, 1.165) is 82.7 Å². The molecule has 3 aliphatic heterocycles. The molecule has 0 radical (unpaired) electrons. The van der Waals surface area contributed by atoms with E-state index < -0.39 is 0 Å². The van der Waals surface area contributed by atoms with Gasteiger partial charge in [0.15, 0.2) is 0 Å². The van der Waals surface area contributed by atoms with Gasteiger partial charge in [-0.15, -0.1) is 0 Å². The van der Waals surface area contributed by atoms with Crippen molar-refractivity contribution in [2.75, 3.05) is 57.3 Å². The number of benzene rings is 1. The average Bonchev–Trinajstić information content (AvgIpc) is 3.06. The van der Waals surface area contributed by atoms with Gasteiger partial charge in [0, 0.05) is 45.0 Å². The molecule has 1 unspecified atom stereocenters. The van der Waals surface area contributed by atoms with Gasteiger partial charge in [0.1, 0.15) is 5.82 Å². The third kappa shape index (κ3) is 4.11. The number of likely N-dealkylation sites (tertiary alicyclic amines) is 1. The summed E-state index contributed by atoms with van der Waals surface area (Å²) in [5.41, 5.74) is 1.06. The molecular formula is C21H31FN4O. The van der Waals surface area contributed by atoms with Crippen LogP contribution in [-0.2, 0) is 4.79 Å². The summed E-state index contributed by atoms with van der Waals surface area (Å²) >= 11 is 0. The van der Waals surface area contributed by atoms with Crippen LogP contribution in [0.1, 0.15) is 19.8 Å². The number of hydrogen-bond donors (Lipinski definition) is 1. The van der Waals surface area contributed by atoms with Crippen molar-refractivity contribution in [3.05, 3.63) is 30.1 Å². The van der Waals surface area contributed by atoms with E-state index in [1.807, 2.05) is 12.1 Å². The molecule has 1 amide bonds. The molecule has 3 saturated heterocycles. The normalized spacial score (nSPS) is 27.9. The van der Waals surface area contributed by atoms with Crippen molar-refractivity contribution in [1.29, 1.82) is 0 Å². The van der Waals surface area contributed by atoms with E-state index in [2.05, 4.69) is 26.9 Å². The molecule has 148 valence electrons. The minimum atomic E-state index is -0.200. The first-order valence-corrected chi connectivity index (χ1v) is 10.4. The van der Waals surface area contributed by atoms with Crippen molar-refractivity contribution >= 4 is 11.6 Å². The maximum Gasteiger partial charge on any atom is 0.239 e. The fraction of sp³-hybridized carbons (Fsp3) is 0.667. The predicted octanol–water partition coefficient (Wildman–Crippen LogP) is 1.79. The first-order valence-electron chi connectivity index (χ1n) is 10.4. The van der Waals surface area contributed by atoms with E-state index in [1.165, 1.54) is 12.1 Å². The quantitative estimate of drug-likeness (QED) is 0.876. The van der Waals surface area contributed by atoms with Gasteiger partial charge in [-0.25, -0.2) is 4.39 Å². The lowest BCUT2D eigenvalue weighted by molar-refractivity contribution is -0.136. The first kappa shape index (κ1) is 18.7. The van der Waals surface area contributed by atoms with Crippen molar-refractivity contribution in [2.24, 2.45) is 11.8 Å². The van der Waals surface area contributed by atoms with Crippen LogP contribution in [0, 0.1) is 17.7 Å². The Hall–Kier alpha value is -1.66. The lowest BCUT2D eigenvalue weighted by atomic mass is 9.92. The molecule has 1 N–H and O–H groups in total. The Kier molecular flexibility index (Phi) is 5.64. The third-order valence-corrected chi connectivity index (χ3v) is 6.74. The summed E-state index contributed by atoms with van der Waals surface area (Å²) in [5.74, 6) is 1.59. The second kappa shape index (κ2) is 8.15. The van der Waals surface area contributed by atoms with Crippen LogP contribution in [0.2, 0.25) is 0 Å². The van der Waals surface area contributed by atoms with E-state index in [-0.39, 0.29) is 17.8 Å². The molecule has 1 aromatic carbocycles. The topological polar surface area (TPSA) is 38.8 Å². The SMILES string of the molecule is CC(C(=O)N1CC[C@@H]2CNC[C@@H]2CC1)N1CCN(c2ccc(F)cc2)CC1. The van der Waals surface area contributed by atoms with Gasteiger partial charge in [0.05, 0.1) is 6.04 Å². The third-order valence-electron chi connectivity index (χ3n) is 6.74. The smallest absolute Gasteiger partial charge is 0.239 e. The van der Waals surface area contributed by atoms with Crippen LogP contribution in [0.5, 0.6) is 0 Å². The highest BCUT2D eigenvalue weighted by atomic mass is 19.1. The number of fused-ring (bicyclic) bond motifs is 1. The molecule has 3 heterocycles. The Morgan fingerprint density at radius 2 is 1.59 bits per heavy atom. The summed E-state index contributed by atoms with van der Waals surface area (Å²) in [6.07, 6.45) is 2.27. The first-order chi connectivity index (χ1) is 13.1. The van der Waals surface area contributed by atoms with E-state index in [1.54, 1.807) is 0 Å². The highest BCUT2D eigenvalue weighted by molar-refractivity contribution is 5.81. The van der Waals surface area contributed by atoms with Gasteiger partial charge in [-0.2, -0.15) is 0 Å². The molecule has 0 bridgehead atoms. The van der Waals surface area contributed by atoms with Gasteiger partial charge in [-0.05, 0) is 69.0 Å². The molecule has 27 heavy (non-hydrogen) atoms. The summed E-state index contributed by atoms with van der Waals surface area (Å²) in [6.45, 7) is 9.59. The van der Waals surface area contributed by atoms with Crippen LogP contribution in [-0.4, -0.2) is 74.1 Å². The second-order valence-corrected chi connectivity index (χ2v) is 8.26. The van der Waals surface area contributed by atoms with Crippen LogP contribution in [0.4, 0.5) is 10.1 Å². The van der Waals surface area contributed by atoms with Crippen molar-refractivity contribution in [3.8, 4) is 0 Å². The van der Waals surface area contributed by atoms with Crippen LogP contribution < -0.4 is 10.2 Å². The standard InChI is InChI=1S/C21H31FN4O/c1-16(21(27)26-8-6-17-14-23-15-18(17)7-9-26)24-10-12-25(13-11-24)20-4-2-19(22)3-5-20/h2-5,16-18,23H,6-15H2,1H3/t16?,17-,18+. The Balaban J connectivity index is 1.30. The lowest BCUT2D eigenvalue weighted by Gasteiger charge is -2.39. The summed E-state index contributed by atoms with van der Waals surface area (Å²) in [7, 11) is 0. The number of rotatable bonds is 3. The lowest BCUT2D eigenvalue weighted by Crippen LogP contribution is -2.54. The van der Waals surface area contributed by atoms with Crippen LogP contribution >= 0.6 is 0 Å². The molecule has 1 aromatic rings. The summed E-state index contributed by atoms with van der Waals surface area (Å²) in [4.78, 5) is 19.8. The zero-order valence-corrected chi connectivity index (χ0v) is 16.2. The van der Waals surface area contributed by atoms with Gasteiger partial charge < -0.3 is 15.1 Å². The Bertz CT molecular complexity index is 630. The van der Waals surface area contributed by atoms with Gasteiger partial charge in [-0.3, -0.25) is 9.69 Å². The largest absolute Gasteiger partial charge is 0.369 e. The number of anilines is 1. The van der Waals surface area contributed by atoms with Crippen LogP contribution in [0.3, 0.4) is 0 Å². The number of nitrogens with zero attached hydrogens (tertiary/aromatic N) is 3. The zero-order valence-electron chi connectivity index (χ0n) is 16.2. The zero-order chi connectivity index (χ0) is 18.8. The summed E-state index contributed by atoms with van der Waals surface area (Å²) < 4.78 is 13.1. The van der Waals surface area contributed by atoms with Gasteiger partial charge in [0.25, 0.3) is 0 Å². The number of hydrogen-bond acceptors (Lipinski definition) is 4. The van der Waals surface area contributed by atoms with Crippen molar-refractivity contribution in [3.63, 3.8) is 0 Å².